The highest BCUT2D eigenvalue weighted by Gasteiger charge is 2.19. The molecule has 0 aromatic carbocycles. The summed E-state index contributed by atoms with van der Waals surface area (Å²) in [5, 5.41) is 0. The summed E-state index contributed by atoms with van der Waals surface area (Å²) in [6, 6.07) is 0. The summed E-state index contributed by atoms with van der Waals surface area (Å²) in [6.45, 7) is 2.13. The molecule has 2 aromatic heterocycles. The zero-order valence-corrected chi connectivity index (χ0v) is 11.5. The van der Waals surface area contributed by atoms with Crippen molar-refractivity contribution in [3.8, 4) is 0 Å². The van der Waals surface area contributed by atoms with Crippen LogP contribution in [0.25, 0.3) is 0 Å². The predicted molar refractivity (Wildman–Crippen MR) is 76.5 cm³/mol. The maximum absolute atomic E-state index is 11.9. The number of nitrogens with zero attached hydrogens (tertiary/aromatic N) is 3. The molecule has 4 N–H and O–H groups in total. The average molecular weight is 290 g/mol. The van der Waals surface area contributed by atoms with Gasteiger partial charge in [0, 0.05) is 49.7 Å². The monoisotopic (exact) mass is 290 g/mol. The standard InChI is InChI=1S/C12H14N6OS/c13-11-14-3-7(4-15-11)5-18-2-1-9-8(6-18)10(19)17-12(20)16-9/h3-4H,1-2,5-6H2,(H2,13,14,15)(H2,16,17,19,20). The van der Waals surface area contributed by atoms with E-state index in [4.69, 9.17) is 18.0 Å². The molecule has 2 aromatic rings. The first kappa shape index (κ1) is 12.9. The molecular formula is C12H14N6OS. The van der Waals surface area contributed by atoms with Crippen LogP contribution in [0.5, 0.6) is 0 Å². The van der Waals surface area contributed by atoms with Crippen LogP contribution >= 0.6 is 12.2 Å². The minimum Gasteiger partial charge on any atom is -0.368 e. The Morgan fingerprint density at radius 3 is 2.85 bits per heavy atom. The van der Waals surface area contributed by atoms with Gasteiger partial charge in [-0.25, -0.2) is 9.97 Å². The number of H-pyrrole nitrogens is 2. The molecule has 7 nitrogen and oxygen atoms in total. The van der Waals surface area contributed by atoms with Gasteiger partial charge in [0.2, 0.25) is 5.95 Å². The summed E-state index contributed by atoms with van der Waals surface area (Å²) in [5.74, 6) is 0.266. The molecule has 0 atom stereocenters. The van der Waals surface area contributed by atoms with Gasteiger partial charge in [-0.3, -0.25) is 14.7 Å². The molecule has 3 rings (SSSR count). The lowest BCUT2D eigenvalue weighted by Crippen LogP contribution is -2.35. The molecule has 0 saturated carbocycles. The second-order valence-electron chi connectivity index (χ2n) is 4.78. The van der Waals surface area contributed by atoms with E-state index in [-0.39, 0.29) is 11.5 Å². The Labute approximate surface area is 119 Å². The molecule has 0 bridgehead atoms. The highest BCUT2D eigenvalue weighted by atomic mass is 32.1. The average Bonchev–Trinajstić information content (AvgIpc) is 2.42. The number of rotatable bonds is 2. The van der Waals surface area contributed by atoms with Crippen molar-refractivity contribution >= 4 is 18.2 Å². The molecule has 0 unspecified atom stereocenters. The second kappa shape index (κ2) is 5.14. The van der Waals surface area contributed by atoms with Crippen LogP contribution in [0.2, 0.25) is 0 Å². The highest BCUT2D eigenvalue weighted by molar-refractivity contribution is 7.71. The maximum atomic E-state index is 11.9. The van der Waals surface area contributed by atoms with Crippen LogP contribution in [-0.4, -0.2) is 31.4 Å². The number of nitrogen functional groups attached to an aromatic ring is 1. The molecule has 3 heterocycles. The largest absolute Gasteiger partial charge is 0.368 e. The van der Waals surface area contributed by atoms with Crippen molar-refractivity contribution in [2.24, 2.45) is 0 Å². The van der Waals surface area contributed by atoms with E-state index in [0.717, 1.165) is 29.8 Å². The van der Waals surface area contributed by atoms with E-state index in [0.29, 0.717) is 17.9 Å². The van der Waals surface area contributed by atoms with Gasteiger partial charge in [-0.15, -0.1) is 0 Å². The molecule has 0 saturated heterocycles. The highest BCUT2D eigenvalue weighted by Crippen LogP contribution is 2.15. The van der Waals surface area contributed by atoms with Crippen LogP contribution in [0.4, 0.5) is 5.95 Å². The minimum atomic E-state index is -0.109. The lowest BCUT2D eigenvalue weighted by molar-refractivity contribution is 0.241. The van der Waals surface area contributed by atoms with Crippen molar-refractivity contribution < 1.29 is 0 Å². The zero-order valence-electron chi connectivity index (χ0n) is 10.7. The third-order valence-corrected chi connectivity index (χ3v) is 3.53. The number of nitrogens with one attached hydrogen (secondary N) is 2. The number of hydrogen-bond acceptors (Lipinski definition) is 6. The predicted octanol–water partition coefficient (Wildman–Crippen LogP) is 0.363. The molecule has 20 heavy (non-hydrogen) atoms. The van der Waals surface area contributed by atoms with E-state index in [1.54, 1.807) is 12.4 Å². The van der Waals surface area contributed by atoms with E-state index in [1.807, 2.05) is 0 Å². The van der Waals surface area contributed by atoms with Crippen LogP contribution in [0, 0.1) is 4.77 Å². The van der Waals surface area contributed by atoms with Crippen molar-refractivity contribution in [2.45, 2.75) is 19.5 Å². The van der Waals surface area contributed by atoms with Crippen molar-refractivity contribution in [1.82, 2.24) is 24.8 Å². The van der Waals surface area contributed by atoms with Gasteiger partial charge in [0.25, 0.3) is 5.56 Å². The molecule has 0 aliphatic carbocycles. The first-order valence-electron chi connectivity index (χ1n) is 6.25. The van der Waals surface area contributed by atoms with Gasteiger partial charge in [0.15, 0.2) is 4.77 Å². The van der Waals surface area contributed by atoms with Crippen molar-refractivity contribution in [1.29, 1.82) is 0 Å². The van der Waals surface area contributed by atoms with Gasteiger partial charge < -0.3 is 10.7 Å². The molecule has 0 spiro atoms. The topological polar surface area (TPSA) is 104 Å². The Morgan fingerprint density at radius 1 is 1.35 bits per heavy atom. The normalized spacial score (nSPS) is 15.0. The first-order chi connectivity index (χ1) is 9.61. The maximum Gasteiger partial charge on any atom is 0.256 e. The summed E-state index contributed by atoms with van der Waals surface area (Å²) in [6.07, 6.45) is 4.19. The Balaban J connectivity index is 1.80. The number of aromatic amines is 2. The summed E-state index contributed by atoms with van der Waals surface area (Å²) >= 11 is 4.98. The Hall–Kier alpha value is -2.06. The van der Waals surface area contributed by atoms with Gasteiger partial charge in [0.05, 0.1) is 5.56 Å². The number of anilines is 1. The van der Waals surface area contributed by atoms with Crippen LogP contribution in [0.15, 0.2) is 17.2 Å². The van der Waals surface area contributed by atoms with Crippen molar-refractivity contribution in [3.05, 3.63) is 44.3 Å². The smallest absolute Gasteiger partial charge is 0.256 e. The fourth-order valence-corrected chi connectivity index (χ4v) is 2.57. The SMILES string of the molecule is Nc1ncc(CN2CCc3[nH]c(=S)[nH]c(=O)c3C2)cn1. The second-order valence-corrected chi connectivity index (χ2v) is 5.18. The van der Waals surface area contributed by atoms with Gasteiger partial charge in [-0.2, -0.15) is 0 Å². The minimum absolute atomic E-state index is 0.109. The summed E-state index contributed by atoms with van der Waals surface area (Å²) < 4.78 is 0.383. The van der Waals surface area contributed by atoms with Crippen LogP contribution in [0.3, 0.4) is 0 Å². The summed E-state index contributed by atoms with van der Waals surface area (Å²) in [5.41, 5.74) is 8.01. The number of fused-ring (bicyclic) bond motifs is 1. The van der Waals surface area contributed by atoms with E-state index < -0.39 is 0 Å². The third kappa shape index (κ3) is 2.61. The summed E-state index contributed by atoms with van der Waals surface area (Å²) in [7, 11) is 0. The number of aromatic nitrogens is 4. The third-order valence-electron chi connectivity index (χ3n) is 3.32. The fourth-order valence-electron chi connectivity index (χ4n) is 2.35. The summed E-state index contributed by atoms with van der Waals surface area (Å²) in [4.78, 5) is 27.7. The molecule has 0 radical (unpaired) electrons. The van der Waals surface area contributed by atoms with Gasteiger partial charge in [-0.05, 0) is 12.2 Å². The Morgan fingerprint density at radius 2 is 2.10 bits per heavy atom. The Kier molecular flexibility index (Phi) is 3.33. The van der Waals surface area contributed by atoms with Crippen LogP contribution in [-0.2, 0) is 19.5 Å². The quantitative estimate of drug-likeness (QED) is 0.690. The number of hydrogen-bond donors (Lipinski definition) is 3. The van der Waals surface area contributed by atoms with Crippen LogP contribution in [0.1, 0.15) is 16.8 Å². The van der Waals surface area contributed by atoms with Gasteiger partial charge >= 0.3 is 0 Å². The molecule has 0 amide bonds. The Bertz CT molecular complexity index is 735. The lowest BCUT2D eigenvalue weighted by Gasteiger charge is -2.27. The molecule has 8 heteroatoms. The number of nitrogens with two attached hydrogens (primary N) is 1. The molecule has 1 aliphatic rings. The molecular weight excluding hydrogens is 276 g/mol. The van der Waals surface area contributed by atoms with Crippen molar-refractivity contribution in [3.63, 3.8) is 0 Å². The zero-order chi connectivity index (χ0) is 14.1. The van der Waals surface area contributed by atoms with Gasteiger partial charge in [-0.1, -0.05) is 0 Å². The lowest BCUT2D eigenvalue weighted by atomic mass is 10.1. The van der Waals surface area contributed by atoms with E-state index in [2.05, 4.69) is 24.8 Å². The molecule has 0 fully saturated rings. The van der Waals surface area contributed by atoms with E-state index in [1.165, 1.54) is 0 Å². The fraction of sp³-hybridized carbons (Fsp3) is 0.333. The first-order valence-corrected chi connectivity index (χ1v) is 6.66. The van der Waals surface area contributed by atoms with Crippen molar-refractivity contribution in [2.75, 3.05) is 12.3 Å². The van der Waals surface area contributed by atoms with E-state index in [9.17, 15) is 4.79 Å². The van der Waals surface area contributed by atoms with Gasteiger partial charge in [0.1, 0.15) is 0 Å². The molecule has 1 aliphatic heterocycles. The van der Waals surface area contributed by atoms with E-state index >= 15 is 0 Å². The van der Waals surface area contributed by atoms with Crippen LogP contribution < -0.4 is 11.3 Å². The molecule has 104 valence electrons.